The second kappa shape index (κ2) is 5.89. The summed E-state index contributed by atoms with van der Waals surface area (Å²) in [6.45, 7) is 0.123. The van der Waals surface area contributed by atoms with Crippen molar-refractivity contribution in [2.45, 2.75) is 6.54 Å². The van der Waals surface area contributed by atoms with Crippen molar-refractivity contribution in [2.24, 2.45) is 0 Å². The lowest BCUT2D eigenvalue weighted by Gasteiger charge is -2.09. The Bertz CT molecular complexity index is 806. The second-order valence-corrected chi connectivity index (χ2v) is 4.84. The fraction of sp³-hybridized carbons (Fsp3) is 0.176. The predicted molar refractivity (Wildman–Crippen MR) is 83.7 cm³/mol. The Morgan fingerprint density at radius 1 is 1.18 bits per heavy atom. The van der Waals surface area contributed by atoms with Crippen LogP contribution in [0.15, 0.2) is 48.7 Å². The van der Waals surface area contributed by atoms with Crippen molar-refractivity contribution >= 4 is 17.0 Å². The van der Waals surface area contributed by atoms with Crippen molar-refractivity contribution in [1.82, 2.24) is 9.55 Å². The summed E-state index contributed by atoms with van der Waals surface area (Å²) in [5.41, 5.74) is 2.67. The zero-order valence-electron chi connectivity index (χ0n) is 12.4. The first kappa shape index (κ1) is 14.1. The van der Waals surface area contributed by atoms with Gasteiger partial charge in [-0.1, -0.05) is 0 Å². The van der Waals surface area contributed by atoms with Crippen LogP contribution in [0.4, 0.5) is 0 Å². The van der Waals surface area contributed by atoms with Gasteiger partial charge in [0.15, 0.2) is 0 Å². The van der Waals surface area contributed by atoms with E-state index in [1.54, 1.807) is 13.3 Å². The van der Waals surface area contributed by atoms with Crippen molar-refractivity contribution < 1.29 is 14.3 Å². The number of hydrogen-bond donors (Lipinski definition) is 0. The van der Waals surface area contributed by atoms with Crippen molar-refractivity contribution in [3.05, 3.63) is 48.7 Å². The maximum atomic E-state index is 11.7. The number of benzene rings is 1. The van der Waals surface area contributed by atoms with Crippen LogP contribution in [0.5, 0.6) is 5.75 Å². The smallest absolute Gasteiger partial charge is 0.325 e. The number of pyridine rings is 1. The molecule has 0 bridgehead atoms. The maximum absolute atomic E-state index is 11.7. The van der Waals surface area contributed by atoms with E-state index < -0.39 is 0 Å². The first-order chi connectivity index (χ1) is 10.7. The van der Waals surface area contributed by atoms with Gasteiger partial charge in [-0.25, -0.2) is 4.98 Å². The van der Waals surface area contributed by atoms with Crippen LogP contribution in [0.1, 0.15) is 0 Å². The molecule has 3 rings (SSSR count). The average molecular weight is 296 g/mol. The number of carbonyl (C=O) groups is 1. The van der Waals surface area contributed by atoms with Crippen molar-refractivity contribution in [3.8, 4) is 17.0 Å². The van der Waals surface area contributed by atoms with Crippen LogP contribution >= 0.6 is 0 Å². The summed E-state index contributed by atoms with van der Waals surface area (Å²) >= 11 is 0. The molecule has 0 saturated carbocycles. The van der Waals surface area contributed by atoms with Gasteiger partial charge in [-0.15, -0.1) is 0 Å². The molecule has 112 valence electrons. The molecule has 3 aromatic rings. The maximum Gasteiger partial charge on any atom is 0.325 e. The first-order valence-corrected chi connectivity index (χ1v) is 6.88. The van der Waals surface area contributed by atoms with Crippen LogP contribution in [0.3, 0.4) is 0 Å². The predicted octanol–water partition coefficient (Wildman–Crippen LogP) is 2.88. The van der Waals surface area contributed by atoms with E-state index in [2.05, 4.69) is 4.98 Å². The van der Waals surface area contributed by atoms with Crippen molar-refractivity contribution in [3.63, 3.8) is 0 Å². The van der Waals surface area contributed by atoms with E-state index in [0.29, 0.717) is 0 Å². The number of methoxy groups -OCH3 is 2. The summed E-state index contributed by atoms with van der Waals surface area (Å²) in [7, 11) is 3.02. The van der Waals surface area contributed by atoms with Crippen LogP contribution in [0.2, 0.25) is 0 Å². The highest BCUT2D eigenvalue weighted by Crippen LogP contribution is 2.28. The van der Waals surface area contributed by atoms with Gasteiger partial charge in [0.1, 0.15) is 17.9 Å². The summed E-state index contributed by atoms with van der Waals surface area (Å²) in [5.74, 6) is 0.482. The Morgan fingerprint density at radius 3 is 2.64 bits per heavy atom. The van der Waals surface area contributed by atoms with Gasteiger partial charge in [0.05, 0.1) is 19.9 Å². The third-order valence-corrected chi connectivity index (χ3v) is 3.56. The van der Waals surface area contributed by atoms with Gasteiger partial charge in [-0.2, -0.15) is 0 Å². The number of fused-ring (bicyclic) bond motifs is 1. The minimum absolute atomic E-state index is 0.123. The molecule has 0 saturated heterocycles. The number of aromatic nitrogens is 2. The fourth-order valence-electron chi connectivity index (χ4n) is 2.44. The van der Waals surface area contributed by atoms with Crippen LogP contribution in [-0.2, 0) is 16.1 Å². The van der Waals surface area contributed by atoms with Crippen LogP contribution in [0, 0.1) is 0 Å². The zero-order valence-corrected chi connectivity index (χ0v) is 12.4. The van der Waals surface area contributed by atoms with E-state index in [1.165, 1.54) is 7.11 Å². The quantitative estimate of drug-likeness (QED) is 0.695. The third kappa shape index (κ3) is 2.53. The largest absolute Gasteiger partial charge is 0.497 e. The molecular formula is C17H16N2O3. The summed E-state index contributed by atoms with van der Waals surface area (Å²) in [6.07, 6.45) is 1.72. The SMILES string of the molecule is COC(=O)Cn1c(-c2ccc(OC)cc2)cc2cccnc21. The Hall–Kier alpha value is -2.82. The molecule has 0 fully saturated rings. The lowest BCUT2D eigenvalue weighted by molar-refractivity contribution is -0.141. The van der Waals surface area contributed by atoms with E-state index >= 15 is 0 Å². The molecule has 0 aliphatic rings. The Kier molecular flexibility index (Phi) is 3.78. The van der Waals surface area contributed by atoms with E-state index in [1.807, 2.05) is 47.0 Å². The summed E-state index contributed by atoms with van der Waals surface area (Å²) in [4.78, 5) is 16.1. The molecule has 0 aliphatic heterocycles. The zero-order chi connectivity index (χ0) is 15.5. The number of rotatable bonds is 4. The first-order valence-electron chi connectivity index (χ1n) is 6.88. The molecule has 0 amide bonds. The summed E-state index contributed by atoms with van der Waals surface area (Å²) in [6, 6.07) is 13.6. The minimum Gasteiger partial charge on any atom is -0.497 e. The monoisotopic (exact) mass is 296 g/mol. The summed E-state index contributed by atoms with van der Waals surface area (Å²) < 4.78 is 11.8. The van der Waals surface area contributed by atoms with Gasteiger partial charge in [0.2, 0.25) is 0 Å². The molecule has 0 atom stereocenters. The average Bonchev–Trinajstić information content (AvgIpc) is 2.93. The summed E-state index contributed by atoms with van der Waals surface area (Å²) in [5, 5.41) is 0.984. The second-order valence-electron chi connectivity index (χ2n) is 4.84. The number of esters is 1. The number of hydrogen-bond acceptors (Lipinski definition) is 4. The Morgan fingerprint density at radius 2 is 1.95 bits per heavy atom. The van der Waals surface area contributed by atoms with Crippen LogP contribution in [-0.4, -0.2) is 29.7 Å². The molecule has 0 spiro atoms. The topological polar surface area (TPSA) is 53.4 Å². The molecule has 0 aliphatic carbocycles. The molecular weight excluding hydrogens is 280 g/mol. The molecule has 2 heterocycles. The lowest BCUT2D eigenvalue weighted by atomic mass is 10.1. The number of carbonyl (C=O) groups excluding carboxylic acids is 1. The number of nitrogens with zero attached hydrogens (tertiary/aromatic N) is 2. The van der Waals surface area contributed by atoms with Gasteiger partial charge in [-0.3, -0.25) is 4.79 Å². The third-order valence-electron chi connectivity index (χ3n) is 3.56. The van der Waals surface area contributed by atoms with Gasteiger partial charge < -0.3 is 14.0 Å². The molecule has 22 heavy (non-hydrogen) atoms. The van der Waals surface area contributed by atoms with E-state index in [0.717, 1.165) is 28.0 Å². The van der Waals surface area contributed by atoms with Crippen LogP contribution in [0.25, 0.3) is 22.3 Å². The standard InChI is InChI=1S/C17H16N2O3/c1-21-14-7-5-12(6-8-14)15-10-13-4-3-9-18-17(13)19(15)11-16(20)22-2/h3-10H,11H2,1-2H3. The lowest BCUT2D eigenvalue weighted by Crippen LogP contribution is -2.12. The minimum atomic E-state index is -0.307. The van der Waals surface area contributed by atoms with Gasteiger partial charge in [-0.05, 0) is 48.0 Å². The van der Waals surface area contributed by atoms with Gasteiger partial charge in [0, 0.05) is 11.6 Å². The van der Waals surface area contributed by atoms with Crippen molar-refractivity contribution in [2.75, 3.05) is 14.2 Å². The normalized spacial score (nSPS) is 10.6. The molecule has 0 N–H and O–H groups in total. The molecule has 2 aromatic heterocycles. The van der Waals surface area contributed by atoms with E-state index in [4.69, 9.17) is 9.47 Å². The Balaban J connectivity index is 2.14. The Labute approximate surface area is 128 Å². The molecule has 5 nitrogen and oxygen atoms in total. The highest BCUT2D eigenvalue weighted by atomic mass is 16.5. The fourth-order valence-corrected chi connectivity index (χ4v) is 2.44. The number of ether oxygens (including phenoxy) is 2. The van der Waals surface area contributed by atoms with Gasteiger partial charge >= 0.3 is 5.97 Å². The van der Waals surface area contributed by atoms with Gasteiger partial charge in [0.25, 0.3) is 0 Å². The molecule has 0 unspecified atom stereocenters. The molecule has 0 radical (unpaired) electrons. The van der Waals surface area contributed by atoms with Crippen LogP contribution < -0.4 is 4.74 Å². The highest BCUT2D eigenvalue weighted by molar-refractivity contribution is 5.86. The van der Waals surface area contributed by atoms with E-state index in [9.17, 15) is 4.79 Å². The highest BCUT2D eigenvalue weighted by Gasteiger charge is 2.14. The van der Waals surface area contributed by atoms with E-state index in [-0.39, 0.29) is 12.5 Å². The van der Waals surface area contributed by atoms with Crippen molar-refractivity contribution in [1.29, 1.82) is 0 Å². The molecule has 5 heteroatoms. The molecule has 1 aromatic carbocycles.